The van der Waals surface area contributed by atoms with Gasteiger partial charge in [0.25, 0.3) is 0 Å². The number of fused-ring (bicyclic) bond motifs is 1. The van der Waals surface area contributed by atoms with Crippen LogP contribution in [0.5, 0.6) is 11.5 Å². The molecule has 1 heterocycles. The molecule has 1 aliphatic heterocycles. The Hall–Kier alpha value is -3.25. The lowest BCUT2D eigenvalue weighted by molar-refractivity contribution is -0.155. The number of ether oxygens (including phenoxy) is 1. The van der Waals surface area contributed by atoms with Crippen molar-refractivity contribution in [2.75, 3.05) is 0 Å². The quantitative estimate of drug-likeness (QED) is 0.629. The minimum Gasteiger partial charge on any atom is -0.508 e. The van der Waals surface area contributed by atoms with Gasteiger partial charge in [-0.15, -0.1) is 0 Å². The van der Waals surface area contributed by atoms with Crippen LogP contribution >= 0.6 is 0 Å². The lowest BCUT2D eigenvalue weighted by Crippen LogP contribution is -2.42. The molecule has 2 aliphatic rings. The molecule has 1 saturated heterocycles. The Balaban J connectivity index is 1.87. The maximum absolute atomic E-state index is 12.6. The smallest absolute Gasteiger partial charge is 0.162 e. The first-order valence-corrected chi connectivity index (χ1v) is 8.97. The summed E-state index contributed by atoms with van der Waals surface area (Å²) in [5.41, 5.74) is 0.711. The maximum atomic E-state index is 12.6. The number of carbonyl (C=O) groups excluding carboxylic acids is 3. The zero-order valence-corrected chi connectivity index (χ0v) is 14.8. The van der Waals surface area contributed by atoms with Crippen molar-refractivity contribution in [2.45, 2.75) is 18.6 Å². The van der Waals surface area contributed by atoms with Crippen LogP contribution in [-0.2, 0) is 14.3 Å². The van der Waals surface area contributed by atoms with E-state index in [4.69, 9.17) is 4.74 Å². The predicted octanol–water partition coefficient (Wildman–Crippen LogP) is 3.05. The van der Waals surface area contributed by atoms with Crippen LogP contribution in [0.15, 0.2) is 54.6 Å². The Morgan fingerprint density at radius 1 is 0.929 bits per heavy atom. The SMILES string of the molecule is O=Cc1c(O)ccc(O)c1[C@H]1O[C@H](c2ccccc2)CC2C(=O)C=CC(=O)C21. The molecular formula is C22H18O6. The number of rotatable bonds is 3. The third kappa shape index (κ3) is 2.92. The Morgan fingerprint density at radius 3 is 2.32 bits per heavy atom. The molecule has 2 unspecified atom stereocenters. The number of ketones is 2. The zero-order chi connectivity index (χ0) is 19.8. The summed E-state index contributed by atoms with van der Waals surface area (Å²) in [4.78, 5) is 36.8. The molecule has 6 heteroatoms. The summed E-state index contributed by atoms with van der Waals surface area (Å²) in [6, 6.07) is 11.7. The van der Waals surface area contributed by atoms with Gasteiger partial charge in [-0.1, -0.05) is 30.3 Å². The van der Waals surface area contributed by atoms with Crippen molar-refractivity contribution in [1.82, 2.24) is 0 Å². The average molecular weight is 378 g/mol. The Kier molecular flexibility index (Phi) is 4.57. The molecule has 0 bridgehead atoms. The molecule has 4 atom stereocenters. The molecular weight excluding hydrogens is 360 g/mol. The fourth-order valence-corrected chi connectivity index (χ4v) is 4.11. The van der Waals surface area contributed by atoms with Crippen molar-refractivity contribution in [3.05, 3.63) is 71.3 Å². The lowest BCUT2D eigenvalue weighted by atomic mass is 9.70. The van der Waals surface area contributed by atoms with Gasteiger partial charge in [0.05, 0.1) is 23.7 Å². The minimum atomic E-state index is -1.04. The summed E-state index contributed by atoms with van der Waals surface area (Å²) in [6.07, 6.45) is 1.67. The molecule has 4 rings (SSSR count). The van der Waals surface area contributed by atoms with Crippen molar-refractivity contribution < 1.29 is 29.3 Å². The predicted molar refractivity (Wildman–Crippen MR) is 98.9 cm³/mol. The van der Waals surface area contributed by atoms with Gasteiger partial charge in [0.1, 0.15) is 11.5 Å². The van der Waals surface area contributed by atoms with Gasteiger partial charge in [0, 0.05) is 11.5 Å². The maximum Gasteiger partial charge on any atom is 0.162 e. The van der Waals surface area contributed by atoms with Crippen LogP contribution in [0.3, 0.4) is 0 Å². The van der Waals surface area contributed by atoms with Gasteiger partial charge in [-0.25, -0.2) is 0 Å². The monoisotopic (exact) mass is 378 g/mol. The van der Waals surface area contributed by atoms with Crippen molar-refractivity contribution in [2.24, 2.45) is 11.8 Å². The summed E-state index contributed by atoms with van der Waals surface area (Å²) in [5, 5.41) is 20.5. The third-order valence-electron chi connectivity index (χ3n) is 5.46. The van der Waals surface area contributed by atoms with Crippen molar-refractivity contribution in [1.29, 1.82) is 0 Å². The van der Waals surface area contributed by atoms with Gasteiger partial charge in [-0.3, -0.25) is 14.4 Å². The van der Waals surface area contributed by atoms with E-state index in [9.17, 15) is 24.6 Å². The number of hydrogen-bond acceptors (Lipinski definition) is 6. The van der Waals surface area contributed by atoms with Gasteiger partial charge >= 0.3 is 0 Å². The van der Waals surface area contributed by atoms with Crippen LogP contribution in [0.4, 0.5) is 0 Å². The molecule has 0 saturated carbocycles. The molecule has 28 heavy (non-hydrogen) atoms. The standard InChI is InChI=1S/C22H18O6/c23-11-14-16(25)7-9-18(27)21(14)22-20-13(15(24)6-8-17(20)26)10-19(28-22)12-4-2-1-3-5-12/h1-9,11,13,19-20,22,25,27H,10H2/t13?,19-,20?,22-/m0/s1. The molecule has 2 aromatic rings. The van der Waals surface area contributed by atoms with E-state index in [-0.39, 0.29) is 34.2 Å². The number of aldehydes is 1. The molecule has 1 aliphatic carbocycles. The molecule has 0 radical (unpaired) electrons. The van der Waals surface area contributed by atoms with E-state index in [2.05, 4.69) is 0 Å². The highest BCUT2D eigenvalue weighted by Crippen LogP contribution is 2.50. The Bertz CT molecular complexity index is 978. The van der Waals surface area contributed by atoms with Crippen LogP contribution in [0.25, 0.3) is 0 Å². The first-order valence-electron chi connectivity index (χ1n) is 8.97. The highest BCUT2D eigenvalue weighted by atomic mass is 16.5. The Labute approximate surface area is 161 Å². The van der Waals surface area contributed by atoms with E-state index < -0.39 is 24.0 Å². The molecule has 2 N–H and O–H groups in total. The van der Waals surface area contributed by atoms with Crippen molar-refractivity contribution >= 4 is 17.9 Å². The first-order chi connectivity index (χ1) is 13.5. The summed E-state index contributed by atoms with van der Waals surface area (Å²) < 4.78 is 6.19. The first kappa shape index (κ1) is 18.1. The lowest BCUT2D eigenvalue weighted by Gasteiger charge is -2.42. The second-order valence-corrected chi connectivity index (χ2v) is 7.01. The number of phenolic OH excluding ortho intramolecular Hbond substituents is 2. The number of phenols is 2. The van der Waals surface area contributed by atoms with Gasteiger partial charge in [-0.05, 0) is 36.3 Å². The van der Waals surface area contributed by atoms with Crippen LogP contribution in [-0.4, -0.2) is 28.1 Å². The van der Waals surface area contributed by atoms with Crippen molar-refractivity contribution in [3.8, 4) is 11.5 Å². The summed E-state index contributed by atoms with van der Waals surface area (Å²) >= 11 is 0. The van der Waals surface area contributed by atoms with Crippen LogP contribution in [0.1, 0.15) is 40.1 Å². The van der Waals surface area contributed by atoms with E-state index in [0.29, 0.717) is 12.7 Å². The van der Waals surface area contributed by atoms with Crippen LogP contribution in [0.2, 0.25) is 0 Å². The highest BCUT2D eigenvalue weighted by molar-refractivity contribution is 6.07. The van der Waals surface area contributed by atoms with E-state index >= 15 is 0 Å². The topological polar surface area (TPSA) is 101 Å². The molecule has 142 valence electrons. The zero-order valence-electron chi connectivity index (χ0n) is 14.8. The average Bonchev–Trinajstić information content (AvgIpc) is 2.72. The summed E-state index contributed by atoms with van der Waals surface area (Å²) in [5.74, 6) is -2.60. The van der Waals surface area contributed by atoms with E-state index in [1.165, 1.54) is 24.3 Å². The number of aromatic hydroxyl groups is 2. The molecule has 6 nitrogen and oxygen atoms in total. The molecule has 1 fully saturated rings. The molecule has 0 aromatic heterocycles. The number of allylic oxidation sites excluding steroid dienone is 2. The Morgan fingerprint density at radius 2 is 1.61 bits per heavy atom. The van der Waals surface area contributed by atoms with Gasteiger partial charge in [-0.2, -0.15) is 0 Å². The van der Waals surface area contributed by atoms with Gasteiger partial charge in [0.15, 0.2) is 17.9 Å². The fraction of sp³-hybridized carbons (Fsp3) is 0.227. The van der Waals surface area contributed by atoms with Crippen molar-refractivity contribution in [3.63, 3.8) is 0 Å². The molecule has 0 amide bonds. The second kappa shape index (κ2) is 7.05. The normalized spacial score (nSPS) is 26.7. The number of hydrogen-bond donors (Lipinski definition) is 2. The van der Waals surface area contributed by atoms with Gasteiger partial charge < -0.3 is 14.9 Å². The molecule has 2 aromatic carbocycles. The van der Waals surface area contributed by atoms with E-state index in [1.54, 1.807) is 0 Å². The number of benzene rings is 2. The largest absolute Gasteiger partial charge is 0.508 e. The van der Waals surface area contributed by atoms with E-state index in [1.807, 2.05) is 30.3 Å². The van der Waals surface area contributed by atoms with Gasteiger partial charge in [0.2, 0.25) is 0 Å². The minimum absolute atomic E-state index is 0.0297. The summed E-state index contributed by atoms with van der Waals surface area (Å²) in [7, 11) is 0. The van der Waals surface area contributed by atoms with Crippen LogP contribution in [0, 0.1) is 11.8 Å². The number of carbonyl (C=O) groups is 3. The summed E-state index contributed by atoms with van der Waals surface area (Å²) in [6.45, 7) is 0. The third-order valence-corrected chi connectivity index (χ3v) is 5.46. The highest BCUT2D eigenvalue weighted by Gasteiger charge is 2.48. The molecule has 0 spiro atoms. The van der Waals surface area contributed by atoms with E-state index in [0.717, 1.165) is 5.56 Å². The fourth-order valence-electron chi connectivity index (χ4n) is 4.11. The second-order valence-electron chi connectivity index (χ2n) is 7.01. The van der Waals surface area contributed by atoms with Crippen LogP contribution < -0.4 is 0 Å².